The highest BCUT2D eigenvalue weighted by molar-refractivity contribution is 7.98. The summed E-state index contributed by atoms with van der Waals surface area (Å²) in [5.74, 6) is 1.95. The second kappa shape index (κ2) is 6.04. The van der Waals surface area contributed by atoms with Gasteiger partial charge >= 0.3 is 5.97 Å². The molecular formula is C15H16N4O3S. The van der Waals surface area contributed by atoms with E-state index >= 15 is 0 Å². The first-order valence-corrected chi connectivity index (χ1v) is 7.98. The molecule has 0 aliphatic rings. The van der Waals surface area contributed by atoms with Crippen molar-refractivity contribution >= 4 is 23.5 Å². The summed E-state index contributed by atoms with van der Waals surface area (Å²) in [4.78, 5) is 16.0. The highest BCUT2D eigenvalue weighted by Gasteiger charge is 2.17. The fourth-order valence-corrected chi connectivity index (χ4v) is 3.22. The van der Waals surface area contributed by atoms with Crippen LogP contribution in [-0.4, -0.2) is 32.7 Å². The van der Waals surface area contributed by atoms with E-state index in [0.717, 1.165) is 16.5 Å². The van der Waals surface area contributed by atoms with Crippen molar-refractivity contribution in [2.75, 3.05) is 7.11 Å². The maximum Gasteiger partial charge on any atom is 0.341 e. The Balaban J connectivity index is 1.83. The fraction of sp³-hybridized carbons (Fsp3) is 0.333. The maximum absolute atomic E-state index is 11.6. The summed E-state index contributed by atoms with van der Waals surface area (Å²) >= 11 is 1.47. The molecule has 0 bridgehead atoms. The van der Waals surface area contributed by atoms with Crippen LogP contribution in [0.1, 0.15) is 33.3 Å². The van der Waals surface area contributed by atoms with Gasteiger partial charge in [-0.25, -0.2) is 9.78 Å². The van der Waals surface area contributed by atoms with E-state index in [0.29, 0.717) is 28.6 Å². The number of aromatic nitrogens is 4. The number of fused-ring (bicyclic) bond motifs is 1. The summed E-state index contributed by atoms with van der Waals surface area (Å²) in [7, 11) is 1.35. The van der Waals surface area contributed by atoms with Crippen LogP contribution in [0, 0.1) is 20.8 Å². The Morgan fingerprint density at radius 2 is 2.09 bits per heavy atom. The number of furan rings is 1. The number of carbonyl (C=O) groups is 1. The summed E-state index contributed by atoms with van der Waals surface area (Å²) < 4.78 is 12.2. The Kier molecular flexibility index (Phi) is 4.08. The second-order valence-corrected chi connectivity index (χ2v) is 6.06. The van der Waals surface area contributed by atoms with Crippen LogP contribution in [0.5, 0.6) is 0 Å². The van der Waals surface area contributed by atoms with E-state index < -0.39 is 5.97 Å². The van der Waals surface area contributed by atoms with E-state index in [2.05, 4.69) is 15.2 Å². The predicted octanol–water partition coefficient (Wildman–Crippen LogP) is 2.72. The van der Waals surface area contributed by atoms with Crippen LogP contribution in [0.2, 0.25) is 0 Å². The lowest BCUT2D eigenvalue weighted by molar-refractivity contribution is 0.0599. The molecule has 0 aliphatic heterocycles. The number of thioether (sulfide) groups is 1. The van der Waals surface area contributed by atoms with E-state index in [1.165, 1.54) is 18.9 Å². The molecule has 3 aromatic heterocycles. The molecule has 0 atom stereocenters. The SMILES string of the molecule is COC(=O)c1cc(CSc2nnc3nc(C)cc(C)n23)oc1C. The van der Waals surface area contributed by atoms with Crippen molar-refractivity contribution < 1.29 is 13.9 Å². The highest BCUT2D eigenvalue weighted by Crippen LogP contribution is 2.25. The monoisotopic (exact) mass is 332 g/mol. The molecule has 0 radical (unpaired) electrons. The lowest BCUT2D eigenvalue weighted by atomic mass is 10.2. The number of rotatable bonds is 4. The molecule has 7 nitrogen and oxygen atoms in total. The van der Waals surface area contributed by atoms with E-state index in [1.54, 1.807) is 13.0 Å². The third-order valence-electron chi connectivity index (χ3n) is 3.38. The second-order valence-electron chi connectivity index (χ2n) is 5.12. The third-order valence-corrected chi connectivity index (χ3v) is 4.33. The summed E-state index contributed by atoms with van der Waals surface area (Å²) in [5.41, 5.74) is 2.37. The van der Waals surface area contributed by atoms with Gasteiger partial charge in [0.25, 0.3) is 5.78 Å². The van der Waals surface area contributed by atoms with Gasteiger partial charge < -0.3 is 9.15 Å². The van der Waals surface area contributed by atoms with Crippen LogP contribution in [-0.2, 0) is 10.5 Å². The van der Waals surface area contributed by atoms with Crippen molar-refractivity contribution in [3.05, 3.63) is 40.6 Å². The van der Waals surface area contributed by atoms with E-state index in [9.17, 15) is 4.79 Å². The zero-order chi connectivity index (χ0) is 16.6. The number of esters is 1. The van der Waals surface area contributed by atoms with E-state index in [-0.39, 0.29) is 0 Å². The summed E-state index contributed by atoms with van der Waals surface area (Å²) in [6.45, 7) is 5.65. The lowest BCUT2D eigenvalue weighted by Gasteiger charge is -2.03. The van der Waals surface area contributed by atoms with Crippen LogP contribution in [0.15, 0.2) is 21.7 Å². The fourth-order valence-electron chi connectivity index (χ4n) is 2.36. The van der Waals surface area contributed by atoms with E-state index in [4.69, 9.17) is 9.15 Å². The van der Waals surface area contributed by atoms with Gasteiger partial charge in [-0.3, -0.25) is 4.40 Å². The van der Waals surface area contributed by atoms with Gasteiger partial charge in [-0.15, -0.1) is 10.2 Å². The third kappa shape index (κ3) is 2.94. The zero-order valence-corrected chi connectivity index (χ0v) is 14.1. The first-order valence-electron chi connectivity index (χ1n) is 6.99. The van der Waals surface area contributed by atoms with Crippen LogP contribution in [0.4, 0.5) is 0 Å². The molecule has 120 valence electrons. The van der Waals surface area contributed by atoms with Crippen molar-refractivity contribution in [3.63, 3.8) is 0 Å². The first-order chi connectivity index (χ1) is 11.0. The van der Waals surface area contributed by atoms with Crippen molar-refractivity contribution in [1.82, 2.24) is 19.6 Å². The molecule has 0 amide bonds. The minimum atomic E-state index is -0.397. The highest BCUT2D eigenvalue weighted by atomic mass is 32.2. The van der Waals surface area contributed by atoms with Crippen molar-refractivity contribution in [2.45, 2.75) is 31.7 Å². The summed E-state index contributed by atoms with van der Waals surface area (Å²) in [6, 6.07) is 3.68. The normalized spacial score (nSPS) is 11.1. The molecular weight excluding hydrogens is 316 g/mol. The average Bonchev–Trinajstić information content (AvgIpc) is 3.07. The van der Waals surface area contributed by atoms with Gasteiger partial charge in [-0.2, -0.15) is 0 Å². The Morgan fingerprint density at radius 3 is 2.83 bits per heavy atom. The molecule has 23 heavy (non-hydrogen) atoms. The molecule has 3 heterocycles. The number of aryl methyl sites for hydroxylation is 3. The van der Waals surface area contributed by atoms with Crippen LogP contribution in [0.3, 0.4) is 0 Å². The Labute approximate surface area is 137 Å². The van der Waals surface area contributed by atoms with Gasteiger partial charge in [0.05, 0.1) is 12.9 Å². The first kappa shape index (κ1) is 15.5. The van der Waals surface area contributed by atoms with Gasteiger partial charge in [0.15, 0.2) is 5.16 Å². The number of hydrogen-bond acceptors (Lipinski definition) is 7. The Hall–Kier alpha value is -2.35. The van der Waals surface area contributed by atoms with Gasteiger partial charge in [0, 0.05) is 11.4 Å². The van der Waals surface area contributed by atoms with Gasteiger partial charge in [-0.1, -0.05) is 11.8 Å². The minimum absolute atomic E-state index is 0.397. The number of nitrogens with zero attached hydrogens (tertiary/aromatic N) is 4. The molecule has 0 spiro atoms. The molecule has 8 heteroatoms. The molecule has 0 unspecified atom stereocenters. The van der Waals surface area contributed by atoms with Crippen molar-refractivity contribution in [2.24, 2.45) is 0 Å². The lowest BCUT2D eigenvalue weighted by Crippen LogP contribution is -2.00. The molecule has 0 saturated carbocycles. The summed E-state index contributed by atoms with van der Waals surface area (Å²) in [6.07, 6.45) is 0. The Morgan fingerprint density at radius 1 is 1.30 bits per heavy atom. The smallest absolute Gasteiger partial charge is 0.341 e. The molecule has 3 aromatic rings. The van der Waals surface area contributed by atoms with Crippen molar-refractivity contribution in [1.29, 1.82) is 0 Å². The molecule has 0 fully saturated rings. The van der Waals surface area contributed by atoms with Crippen LogP contribution >= 0.6 is 11.8 Å². The standard InChI is InChI=1S/C15H16N4O3S/c1-8-5-9(2)19-14(16-8)17-18-15(19)23-7-11-6-12(10(3)22-11)13(20)21-4/h5-6H,7H2,1-4H3. The predicted molar refractivity (Wildman–Crippen MR) is 84.6 cm³/mol. The number of carbonyl (C=O) groups excluding carboxylic acids is 1. The average molecular weight is 332 g/mol. The van der Waals surface area contributed by atoms with Crippen molar-refractivity contribution in [3.8, 4) is 0 Å². The summed E-state index contributed by atoms with van der Waals surface area (Å²) in [5, 5.41) is 9.00. The molecule has 0 saturated heterocycles. The van der Waals surface area contributed by atoms with Gasteiger partial charge in [-0.05, 0) is 32.9 Å². The van der Waals surface area contributed by atoms with Gasteiger partial charge in [0.1, 0.15) is 17.1 Å². The molecule has 0 aliphatic carbocycles. The quantitative estimate of drug-likeness (QED) is 0.536. The number of ether oxygens (including phenoxy) is 1. The van der Waals surface area contributed by atoms with Gasteiger partial charge in [0.2, 0.25) is 0 Å². The number of methoxy groups -OCH3 is 1. The van der Waals surface area contributed by atoms with Crippen LogP contribution in [0.25, 0.3) is 5.78 Å². The maximum atomic E-state index is 11.6. The minimum Gasteiger partial charge on any atom is -0.465 e. The molecule has 0 N–H and O–H groups in total. The Bertz CT molecular complexity index is 884. The van der Waals surface area contributed by atoms with E-state index in [1.807, 2.05) is 24.3 Å². The molecule has 0 aromatic carbocycles. The van der Waals surface area contributed by atoms with Crippen LogP contribution < -0.4 is 0 Å². The topological polar surface area (TPSA) is 82.5 Å². The largest absolute Gasteiger partial charge is 0.465 e. The molecule has 3 rings (SSSR count). The zero-order valence-electron chi connectivity index (χ0n) is 13.3. The number of hydrogen-bond donors (Lipinski definition) is 0.